The lowest BCUT2D eigenvalue weighted by atomic mass is 9.31. The molecule has 0 amide bonds. The van der Waals surface area contributed by atoms with E-state index in [0.29, 0.717) is 11.8 Å². The molecule has 5 aromatic rings. The van der Waals surface area contributed by atoms with Crippen LogP contribution in [0.3, 0.4) is 0 Å². The van der Waals surface area contributed by atoms with Crippen molar-refractivity contribution in [3.63, 3.8) is 0 Å². The maximum absolute atomic E-state index is 2.85. The second kappa shape index (κ2) is 13.8. The monoisotopic (exact) mass is 893 g/mol. The van der Waals surface area contributed by atoms with Gasteiger partial charge in [0.05, 0.1) is 5.00 Å². The highest BCUT2D eigenvalue weighted by atomic mass is 32.1. The van der Waals surface area contributed by atoms with E-state index >= 15 is 0 Å². The van der Waals surface area contributed by atoms with E-state index in [4.69, 9.17) is 0 Å². The SMILES string of the molecule is Cc1cc2c3c(c1)N(c1ccc(C(C)(C)C)cc1C)c1sc4cc5c(cc4c1B3C1=C(C3C(C=C1)C(C)(C)CCC3(C)C)N2c1ccc2c(c1)C(C)(C)CCC2(C)C)C(C)(C)CCC5(C)C. The average molecular weight is 893 g/mol. The number of fused-ring (bicyclic) bond motifs is 9. The van der Waals surface area contributed by atoms with Crippen LogP contribution in [0.4, 0.5) is 27.8 Å². The molecule has 1 fully saturated rings. The zero-order valence-corrected chi connectivity index (χ0v) is 44.5. The van der Waals surface area contributed by atoms with Crippen molar-refractivity contribution in [3.05, 3.63) is 123 Å². The van der Waals surface area contributed by atoms with Crippen LogP contribution in [-0.4, -0.2) is 6.71 Å². The normalized spacial score (nSPS) is 24.6. The number of aryl methyl sites for hydroxylation is 2. The Hall–Kier alpha value is -4.02. The van der Waals surface area contributed by atoms with Gasteiger partial charge in [-0.1, -0.05) is 134 Å². The Morgan fingerprint density at radius 2 is 1.15 bits per heavy atom. The Morgan fingerprint density at radius 3 is 1.77 bits per heavy atom. The van der Waals surface area contributed by atoms with Crippen LogP contribution in [0.15, 0.2) is 84.0 Å². The van der Waals surface area contributed by atoms with Crippen LogP contribution in [0.5, 0.6) is 0 Å². The van der Waals surface area contributed by atoms with Crippen molar-refractivity contribution < 1.29 is 0 Å². The fourth-order valence-corrected chi connectivity index (χ4v) is 15.4. The molecular weight excluding hydrogens is 816 g/mol. The van der Waals surface area contributed by atoms with Crippen molar-refractivity contribution in [1.82, 2.24) is 0 Å². The van der Waals surface area contributed by atoms with Crippen LogP contribution in [0.25, 0.3) is 10.1 Å². The highest BCUT2D eigenvalue weighted by Crippen LogP contribution is 2.62. The van der Waals surface area contributed by atoms with Gasteiger partial charge in [0.1, 0.15) is 0 Å². The fraction of sp³-hybridized carbons (Fsp3) is 0.516. The molecule has 2 nitrogen and oxygen atoms in total. The Morgan fingerprint density at radius 1 is 0.576 bits per heavy atom. The van der Waals surface area contributed by atoms with Gasteiger partial charge in [-0.25, -0.2) is 0 Å². The summed E-state index contributed by atoms with van der Waals surface area (Å²) in [5, 5.41) is 2.87. The summed E-state index contributed by atoms with van der Waals surface area (Å²) in [5.41, 5.74) is 22.5. The van der Waals surface area contributed by atoms with E-state index in [1.165, 1.54) is 121 Å². The van der Waals surface area contributed by atoms with Crippen LogP contribution in [0.1, 0.15) is 181 Å². The van der Waals surface area contributed by atoms with Crippen LogP contribution >= 0.6 is 11.3 Å². The minimum absolute atomic E-state index is 0.0644. The van der Waals surface area contributed by atoms with Crippen molar-refractivity contribution in [2.45, 2.75) is 183 Å². The first-order chi connectivity index (χ1) is 30.6. The lowest BCUT2D eigenvalue weighted by molar-refractivity contribution is 0.0254. The smallest absolute Gasteiger partial charge is 0.253 e. The summed E-state index contributed by atoms with van der Waals surface area (Å²) in [6.07, 6.45) is 12.7. The molecule has 66 heavy (non-hydrogen) atoms. The third-order valence-corrected chi connectivity index (χ3v) is 19.9. The number of nitrogens with zero attached hydrogens (tertiary/aromatic N) is 2. The van der Waals surface area contributed by atoms with Gasteiger partial charge in [-0.3, -0.25) is 0 Å². The van der Waals surface area contributed by atoms with E-state index in [1.54, 1.807) is 16.8 Å². The number of hydrogen-bond acceptors (Lipinski definition) is 3. The Bertz CT molecular complexity index is 2970. The molecule has 2 unspecified atom stereocenters. The number of rotatable bonds is 2. The molecule has 4 aliphatic carbocycles. The number of allylic oxidation sites excluding steroid dienone is 4. The Balaban J connectivity index is 1.28. The molecule has 1 aromatic heterocycles. The molecule has 11 rings (SSSR count). The molecule has 3 heterocycles. The molecule has 2 atom stereocenters. The van der Waals surface area contributed by atoms with Gasteiger partial charge in [-0.15, -0.1) is 11.3 Å². The summed E-state index contributed by atoms with van der Waals surface area (Å²) in [4.78, 5) is 5.57. The highest BCUT2D eigenvalue weighted by Gasteiger charge is 2.56. The van der Waals surface area contributed by atoms with Gasteiger partial charge in [0.15, 0.2) is 0 Å². The highest BCUT2D eigenvalue weighted by molar-refractivity contribution is 7.26. The summed E-state index contributed by atoms with van der Waals surface area (Å²) in [7, 11) is 0. The molecule has 4 heteroatoms. The second-order valence-corrected chi connectivity index (χ2v) is 28.3. The fourth-order valence-electron chi connectivity index (χ4n) is 14.1. The molecule has 0 saturated heterocycles. The molecule has 2 aliphatic heterocycles. The van der Waals surface area contributed by atoms with E-state index in [0.717, 1.165) is 0 Å². The van der Waals surface area contributed by atoms with Crippen molar-refractivity contribution in [2.75, 3.05) is 9.80 Å². The van der Waals surface area contributed by atoms with E-state index in [1.807, 2.05) is 0 Å². The summed E-state index contributed by atoms with van der Waals surface area (Å²) in [5.74, 6) is 0.809. The van der Waals surface area contributed by atoms with Gasteiger partial charge in [0.25, 0.3) is 6.71 Å². The largest absolute Gasteiger partial charge is 0.315 e. The molecule has 1 saturated carbocycles. The Kier molecular flexibility index (Phi) is 9.32. The minimum atomic E-state index is 0.0644. The van der Waals surface area contributed by atoms with E-state index in [-0.39, 0.29) is 44.6 Å². The average Bonchev–Trinajstić information content (AvgIpc) is 3.60. The Labute approximate surface area is 403 Å². The summed E-state index contributed by atoms with van der Waals surface area (Å²) in [6.45, 7) is 42.1. The van der Waals surface area contributed by atoms with Gasteiger partial charge in [-0.05, 0) is 199 Å². The van der Waals surface area contributed by atoms with Crippen molar-refractivity contribution in [2.24, 2.45) is 22.7 Å². The van der Waals surface area contributed by atoms with Crippen molar-refractivity contribution in [1.29, 1.82) is 0 Å². The van der Waals surface area contributed by atoms with Crippen LogP contribution in [-0.2, 0) is 27.1 Å². The van der Waals surface area contributed by atoms with Crippen LogP contribution < -0.4 is 20.7 Å². The first-order valence-electron chi connectivity index (χ1n) is 25.7. The number of anilines is 5. The molecule has 0 radical (unpaired) electrons. The van der Waals surface area contributed by atoms with Gasteiger partial charge in [0, 0.05) is 39.1 Å². The standard InChI is InChI=1S/C62H77BN2S/c1-36-30-48-53-49(31-36)65(47-23-18-38(32-37(47)2)56(3,4)5)55-52(40-34-44-45(35-50(40)66-55)61(14,15)27-26-60(44,12)13)63(53)46-22-21-42-51(62(16,17)29-28-58(42,8)9)54(46)64(48)39-19-20-41-43(33-39)59(10,11)25-24-57(41,6)7/h18-23,30-35,42,51H,24-29H2,1-17H3. The molecule has 344 valence electrons. The third-order valence-electron chi connectivity index (χ3n) is 18.8. The minimum Gasteiger partial charge on any atom is -0.315 e. The molecule has 0 bridgehead atoms. The summed E-state index contributed by atoms with van der Waals surface area (Å²) >= 11 is 2.05. The number of thiophene rings is 1. The molecule has 6 aliphatic rings. The lowest BCUT2D eigenvalue weighted by Crippen LogP contribution is -2.59. The van der Waals surface area contributed by atoms with Crippen LogP contribution in [0, 0.1) is 36.5 Å². The third kappa shape index (κ3) is 6.30. The first kappa shape index (κ1) is 44.5. The molecule has 0 spiro atoms. The summed E-state index contributed by atoms with van der Waals surface area (Å²) < 4.78 is 1.44. The number of benzene rings is 4. The van der Waals surface area contributed by atoms with E-state index in [2.05, 4.69) is 212 Å². The van der Waals surface area contributed by atoms with E-state index < -0.39 is 0 Å². The zero-order chi connectivity index (χ0) is 47.2. The second-order valence-electron chi connectivity index (χ2n) is 27.2. The number of hydrogen-bond donors (Lipinski definition) is 0. The lowest BCUT2D eigenvalue weighted by Gasteiger charge is -2.57. The zero-order valence-electron chi connectivity index (χ0n) is 43.7. The molecule has 0 N–H and O–H groups in total. The predicted molar refractivity (Wildman–Crippen MR) is 289 cm³/mol. The predicted octanol–water partition coefficient (Wildman–Crippen LogP) is 16.5. The maximum atomic E-state index is 2.85. The topological polar surface area (TPSA) is 6.48 Å². The molecular formula is C62H77BN2S. The van der Waals surface area contributed by atoms with Crippen LogP contribution in [0.2, 0.25) is 0 Å². The summed E-state index contributed by atoms with van der Waals surface area (Å²) in [6, 6.07) is 25.5. The van der Waals surface area contributed by atoms with Gasteiger partial charge >= 0.3 is 0 Å². The maximum Gasteiger partial charge on any atom is 0.253 e. The molecule has 4 aromatic carbocycles. The van der Waals surface area contributed by atoms with Gasteiger partial charge in [0.2, 0.25) is 0 Å². The first-order valence-corrected chi connectivity index (χ1v) is 26.5. The van der Waals surface area contributed by atoms with Gasteiger partial charge < -0.3 is 9.80 Å². The van der Waals surface area contributed by atoms with E-state index in [9.17, 15) is 0 Å². The quantitative estimate of drug-likeness (QED) is 0.163. The van der Waals surface area contributed by atoms with Gasteiger partial charge in [-0.2, -0.15) is 0 Å². The van der Waals surface area contributed by atoms with Crippen molar-refractivity contribution in [3.8, 4) is 0 Å². The van der Waals surface area contributed by atoms with Crippen molar-refractivity contribution >= 4 is 66.8 Å².